The Hall–Kier alpha value is -1.55. The maximum absolute atomic E-state index is 9.72. The van der Waals surface area contributed by atoms with E-state index in [4.69, 9.17) is 5.73 Å². The van der Waals surface area contributed by atoms with Crippen LogP contribution >= 0.6 is 0 Å². The molecular weight excluding hydrogens is 190 g/mol. The van der Waals surface area contributed by atoms with Crippen LogP contribution in [0.5, 0.6) is 5.75 Å². The molecule has 1 atom stereocenters. The molecule has 0 aromatic heterocycles. The SMILES string of the molecule is CC(N)N1CCN=C1c1ccccc1O. The molecule has 0 saturated carbocycles. The molecule has 0 radical (unpaired) electrons. The summed E-state index contributed by atoms with van der Waals surface area (Å²) in [5, 5.41) is 9.72. The predicted molar refractivity (Wildman–Crippen MR) is 59.9 cm³/mol. The van der Waals surface area contributed by atoms with Crippen LogP contribution < -0.4 is 5.73 Å². The number of phenols is 1. The summed E-state index contributed by atoms with van der Waals surface area (Å²) in [6, 6.07) is 7.20. The summed E-state index contributed by atoms with van der Waals surface area (Å²) < 4.78 is 0. The minimum Gasteiger partial charge on any atom is -0.507 e. The first-order chi connectivity index (χ1) is 7.20. The van der Waals surface area contributed by atoms with Gasteiger partial charge in [-0.05, 0) is 19.1 Å². The van der Waals surface area contributed by atoms with Crippen LogP contribution in [0.2, 0.25) is 0 Å². The number of benzene rings is 1. The fourth-order valence-electron chi connectivity index (χ4n) is 1.76. The van der Waals surface area contributed by atoms with E-state index < -0.39 is 0 Å². The van der Waals surface area contributed by atoms with Crippen LogP contribution in [-0.2, 0) is 0 Å². The highest BCUT2D eigenvalue weighted by Gasteiger charge is 2.22. The Morgan fingerprint density at radius 3 is 2.87 bits per heavy atom. The average molecular weight is 205 g/mol. The summed E-state index contributed by atoms with van der Waals surface area (Å²) in [6.07, 6.45) is -0.0779. The van der Waals surface area contributed by atoms with Gasteiger partial charge in [0.15, 0.2) is 0 Å². The molecule has 80 valence electrons. The van der Waals surface area contributed by atoms with Crippen LogP contribution in [0, 0.1) is 0 Å². The molecule has 1 aromatic rings. The van der Waals surface area contributed by atoms with E-state index >= 15 is 0 Å². The van der Waals surface area contributed by atoms with E-state index in [0.29, 0.717) is 0 Å². The summed E-state index contributed by atoms with van der Waals surface area (Å²) in [5.41, 5.74) is 6.60. The van der Waals surface area contributed by atoms with Crippen molar-refractivity contribution in [3.05, 3.63) is 29.8 Å². The van der Waals surface area contributed by atoms with Crippen molar-refractivity contribution < 1.29 is 5.11 Å². The number of aliphatic imine (C=N–C) groups is 1. The van der Waals surface area contributed by atoms with E-state index in [1.807, 2.05) is 24.0 Å². The smallest absolute Gasteiger partial charge is 0.136 e. The highest BCUT2D eigenvalue weighted by molar-refractivity contribution is 6.02. The molecule has 1 aliphatic heterocycles. The molecular formula is C11H15N3O. The standard InChI is InChI=1S/C11H15N3O/c1-8(12)14-7-6-13-11(14)9-4-2-3-5-10(9)15/h2-5,8,15H,6-7,12H2,1H3. The summed E-state index contributed by atoms with van der Waals surface area (Å²) >= 11 is 0. The van der Waals surface area contributed by atoms with E-state index in [1.54, 1.807) is 12.1 Å². The largest absolute Gasteiger partial charge is 0.507 e. The highest BCUT2D eigenvalue weighted by atomic mass is 16.3. The van der Waals surface area contributed by atoms with Crippen molar-refractivity contribution >= 4 is 5.84 Å². The van der Waals surface area contributed by atoms with E-state index in [2.05, 4.69) is 4.99 Å². The second-order valence-electron chi connectivity index (χ2n) is 3.66. The van der Waals surface area contributed by atoms with E-state index in [0.717, 1.165) is 24.5 Å². The highest BCUT2D eigenvalue weighted by Crippen LogP contribution is 2.21. The second-order valence-corrected chi connectivity index (χ2v) is 3.66. The van der Waals surface area contributed by atoms with Gasteiger partial charge in [0, 0.05) is 6.54 Å². The normalized spacial score (nSPS) is 17.7. The van der Waals surface area contributed by atoms with Gasteiger partial charge in [-0.25, -0.2) is 0 Å². The summed E-state index contributed by atoms with van der Waals surface area (Å²) in [4.78, 5) is 6.37. The number of aromatic hydroxyl groups is 1. The fraction of sp³-hybridized carbons (Fsp3) is 0.364. The summed E-state index contributed by atoms with van der Waals surface area (Å²) in [5.74, 6) is 1.05. The Labute approximate surface area is 89.0 Å². The molecule has 0 amide bonds. The van der Waals surface area contributed by atoms with Crippen molar-refractivity contribution in [3.8, 4) is 5.75 Å². The van der Waals surface area contributed by atoms with Gasteiger partial charge in [0.25, 0.3) is 0 Å². The fourth-order valence-corrected chi connectivity index (χ4v) is 1.76. The summed E-state index contributed by atoms with van der Waals surface area (Å²) in [6.45, 7) is 3.48. The molecule has 0 bridgehead atoms. The first kappa shape index (κ1) is 9.98. The number of nitrogens with two attached hydrogens (primary N) is 1. The van der Waals surface area contributed by atoms with Gasteiger partial charge in [0.05, 0.1) is 18.3 Å². The predicted octanol–water partition coefficient (Wildman–Crippen LogP) is 0.759. The lowest BCUT2D eigenvalue weighted by Gasteiger charge is -2.24. The molecule has 1 heterocycles. The first-order valence-electron chi connectivity index (χ1n) is 5.05. The third kappa shape index (κ3) is 1.80. The first-order valence-corrected chi connectivity index (χ1v) is 5.05. The van der Waals surface area contributed by atoms with Gasteiger partial charge in [-0.2, -0.15) is 0 Å². The maximum Gasteiger partial charge on any atom is 0.136 e. The van der Waals surface area contributed by atoms with Gasteiger partial charge < -0.3 is 15.7 Å². The number of para-hydroxylation sites is 1. The van der Waals surface area contributed by atoms with E-state index in [9.17, 15) is 5.11 Å². The molecule has 2 rings (SSSR count). The van der Waals surface area contributed by atoms with Crippen molar-refractivity contribution in [2.45, 2.75) is 13.1 Å². The van der Waals surface area contributed by atoms with Gasteiger partial charge in [0.1, 0.15) is 11.6 Å². The van der Waals surface area contributed by atoms with Crippen LogP contribution in [0.4, 0.5) is 0 Å². The van der Waals surface area contributed by atoms with Crippen molar-refractivity contribution in [1.82, 2.24) is 4.90 Å². The molecule has 1 aromatic carbocycles. The zero-order valence-electron chi connectivity index (χ0n) is 8.72. The van der Waals surface area contributed by atoms with Crippen molar-refractivity contribution in [1.29, 1.82) is 0 Å². The molecule has 0 saturated heterocycles. The van der Waals surface area contributed by atoms with Gasteiger partial charge in [-0.1, -0.05) is 12.1 Å². The number of rotatable bonds is 2. The molecule has 1 aliphatic rings. The lowest BCUT2D eigenvalue weighted by molar-refractivity contribution is 0.365. The zero-order valence-corrected chi connectivity index (χ0v) is 8.72. The zero-order chi connectivity index (χ0) is 10.8. The molecule has 15 heavy (non-hydrogen) atoms. The van der Waals surface area contributed by atoms with Crippen molar-refractivity contribution in [2.24, 2.45) is 10.7 Å². The topological polar surface area (TPSA) is 61.8 Å². The third-order valence-corrected chi connectivity index (χ3v) is 2.51. The molecule has 4 nitrogen and oxygen atoms in total. The van der Waals surface area contributed by atoms with Crippen molar-refractivity contribution in [3.63, 3.8) is 0 Å². The number of hydrogen-bond acceptors (Lipinski definition) is 4. The van der Waals surface area contributed by atoms with Crippen LogP contribution in [0.25, 0.3) is 0 Å². The number of nitrogens with zero attached hydrogens (tertiary/aromatic N) is 2. The van der Waals surface area contributed by atoms with Crippen LogP contribution in [-0.4, -0.2) is 35.1 Å². The van der Waals surface area contributed by atoms with Gasteiger partial charge in [-0.3, -0.25) is 4.99 Å². The molecule has 3 N–H and O–H groups in total. The van der Waals surface area contributed by atoms with Crippen LogP contribution in [0.1, 0.15) is 12.5 Å². The summed E-state index contributed by atoms with van der Waals surface area (Å²) in [7, 11) is 0. The average Bonchev–Trinajstić information content (AvgIpc) is 2.67. The number of hydrogen-bond donors (Lipinski definition) is 2. The van der Waals surface area contributed by atoms with E-state index in [-0.39, 0.29) is 11.9 Å². The maximum atomic E-state index is 9.72. The van der Waals surface area contributed by atoms with Gasteiger partial charge in [0.2, 0.25) is 0 Å². The van der Waals surface area contributed by atoms with E-state index in [1.165, 1.54) is 0 Å². The minimum atomic E-state index is -0.0779. The molecule has 0 spiro atoms. The Bertz CT molecular complexity index is 387. The van der Waals surface area contributed by atoms with Crippen molar-refractivity contribution in [2.75, 3.05) is 13.1 Å². The number of amidine groups is 1. The molecule has 0 aliphatic carbocycles. The quantitative estimate of drug-likeness (QED) is 0.749. The second kappa shape index (κ2) is 3.90. The Kier molecular flexibility index (Phi) is 2.60. The molecule has 1 unspecified atom stereocenters. The number of phenolic OH excluding ortho intramolecular Hbond substituents is 1. The lowest BCUT2D eigenvalue weighted by Crippen LogP contribution is -2.42. The third-order valence-electron chi connectivity index (χ3n) is 2.51. The van der Waals surface area contributed by atoms with Gasteiger partial charge >= 0.3 is 0 Å². The van der Waals surface area contributed by atoms with Crippen LogP contribution in [0.3, 0.4) is 0 Å². The molecule has 0 fully saturated rings. The van der Waals surface area contributed by atoms with Crippen LogP contribution in [0.15, 0.2) is 29.3 Å². The Morgan fingerprint density at radius 2 is 2.20 bits per heavy atom. The molecule has 4 heteroatoms. The monoisotopic (exact) mass is 205 g/mol. The Balaban J connectivity index is 2.35. The van der Waals surface area contributed by atoms with Gasteiger partial charge in [-0.15, -0.1) is 0 Å². The Morgan fingerprint density at radius 1 is 1.47 bits per heavy atom. The minimum absolute atomic E-state index is 0.0779. The lowest BCUT2D eigenvalue weighted by atomic mass is 10.1.